The maximum absolute atomic E-state index is 11.6. The SMILES string of the molecule is N#CCC(=O)c1sc2cc(Cl)ccc2c1Cl. The van der Waals surface area contributed by atoms with Crippen LogP contribution in [0, 0.1) is 11.3 Å². The van der Waals surface area contributed by atoms with Gasteiger partial charge in [0.25, 0.3) is 0 Å². The summed E-state index contributed by atoms with van der Waals surface area (Å²) >= 11 is 13.2. The molecule has 1 aromatic carbocycles. The van der Waals surface area contributed by atoms with Crippen LogP contribution in [-0.4, -0.2) is 5.78 Å². The molecular formula is C11H5Cl2NOS. The summed E-state index contributed by atoms with van der Waals surface area (Å²) in [6.07, 6.45) is -0.153. The molecule has 2 nitrogen and oxygen atoms in total. The molecule has 0 bridgehead atoms. The zero-order chi connectivity index (χ0) is 11.7. The lowest BCUT2D eigenvalue weighted by Crippen LogP contribution is -1.93. The van der Waals surface area contributed by atoms with E-state index in [4.69, 9.17) is 28.5 Å². The minimum atomic E-state index is -0.246. The minimum absolute atomic E-state index is 0.153. The third-order valence-electron chi connectivity index (χ3n) is 2.08. The molecule has 2 rings (SSSR count). The predicted molar refractivity (Wildman–Crippen MR) is 66.4 cm³/mol. The van der Waals surface area contributed by atoms with Crippen molar-refractivity contribution in [1.82, 2.24) is 0 Å². The van der Waals surface area contributed by atoms with Gasteiger partial charge in [0.15, 0.2) is 5.78 Å². The van der Waals surface area contributed by atoms with Gasteiger partial charge in [-0.2, -0.15) is 5.26 Å². The molecule has 0 saturated heterocycles. The molecular weight excluding hydrogens is 265 g/mol. The fourth-order valence-electron chi connectivity index (χ4n) is 1.37. The van der Waals surface area contributed by atoms with Crippen LogP contribution in [0.25, 0.3) is 10.1 Å². The number of carbonyl (C=O) groups is 1. The Labute approximate surface area is 106 Å². The standard InChI is InChI=1S/C11H5Cl2NOS/c12-6-1-2-7-9(5-6)16-11(10(7)13)8(15)3-4-14/h1-2,5H,3H2. The van der Waals surface area contributed by atoms with Crippen LogP contribution in [-0.2, 0) is 0 Å². The van der Waals surface area contributed by atoms with Crippen molar-refractivity contribution in [3.63, 3.8) is 0 Å². The monoisotopic (exact) mass is 269 g/mol. The predicted octanol–water partition coefficient (Wildman–Crippen LogP) is 4.30. The maximum Gasteiger partial charge on any atom is 0.188 e. The van der Waals surface area contributed by atoms with E-state index in [0.29, 0.717) is 14.9 Å². The number of carbonyl (C=O) groups excluding carboxylic acids is 1. The number of nitrogens with zero attached hydrogens (tertiary/aromatic N) is 1. The molecule has 0 N–H and O–H groups in total. The first-order valence-corrected chi connectivity index (χ1v) is 5.98. The summed E-state index contributed by atoms with van der Waals surface area (Å²) in [5.74, 6) is -0.246. The largest absolute Gasteiger partial charge is 0.292 e. The van der Waals surface area contributed by atoms with Gasteiger partial charge in [-0.1, -0.05) is 29.3 Å². The number of nitriles is 1. The quantitative estimate of drug-likeness (QED) is 0.763. The first-order chi connectivity index (χ1) is 7.63. The van der Waals surface area contributed by atoms with Crippen LogP contribution in [0.1, 0.15) is 16.1 Å². The average molecular weight is 270 g/mol. The van der Waals surface area contributed by atoms with Crippen LogP contribution in [0.15, 0.2) is 18.2 Å². The van der Waals surface area contributed by atoms with Crippen LogP contribution in [0.4, 0.5) is 0 Å². The zero-order valence-electron chi connectivity index (χ0n) is 7.96. The number of ketones is 1. The van der Waals surface area contributed by atoms with Gasteiger partial charge in [0.1, 0.15) is 0 Å². The molecule has 0 aliphatic heterocycles. The van der Waals surface area contributed by atoms with E-state index < -0.39 is 0 Å². The number of halogens is 2. The van der Waals surface area contributed by atoms with Crippen LogP contribution < -0.4 is 0 Å². The molecule has 0 amide bonds. The van der Waals surface area contributed by atoms with Crippen molar-refractivity contribution in [3.05, 3.63) is 33.1 Å². The highest BCUT2D eigenvalue weighted by molar-refractivity contribution is 7.21. The molecule has 5 heteroatoms. The van der Waals surface area contributed by atoms with Gasteiger partial charge in [0, 0.05) is 15.1 Å². The van der Waals surface area contributed by atoms with E-state index in [9.17, 15) is 4.79 Å². The van der Waals surface area contributed by atoms with Crippen molar-refractivity contribution in [2.75, 3.05) is 0 Å². The van der Waals surface area contributed by atoms with Crippen LogP contribution in [0.2, 0.25) is 10.0 Å². The molecule has 16 heavy (non-hydrogen) atoms. The van der Waals surface area contributed by atoms with E-state index in [-0.39, 0.29) is 12.2 Å². The van der Waals surface area contributed by atoms with E-state index in [1.807, 2.05) is 6.07 Å². The Hall–Kier alpha value is -1.08. The molecule has 0 aliphatic carbocycles. The summed E-state index contributed by atoms with van der Waals surface area (Å²) in [6.45, 7) is 0. The van der Waals surface area contributed by atoms with Crippen molar-refractivity contribution in [1.29, 1.82) is 5.26 Å². The molecule has 0 fully saturated rings. The number of Topliss-reactive ketones (excluding diaryl/α,β-unsaturated/α-hetero) is 1. The van der Waals surface area contributed by atoms with Gasteiger partial charge in [-0.25, -0.2) is 0 Å². The van der Waals surface area contributed by atoms with E-state index in [1.54, 1.807) is 18.2 Å². The van der Waals surface area contributed by atoms with Gasteiger partial charge in [0.2, 0.25) is 0 Å². The number of rotatable bonds is 2. The molecule has 1 aromatic heterocycles. The number of fused-ring (bicyclic) bond motifs is 1. The Morgan fingerprint density at radius 1 is 1.44 bits per heavy atom. The third kappa shape index (κ3) is 1.92. The molecule has 1 heterocycles. The van der Waals surface area contributed by atoms with Gasteiger partial charge < -0.3 is 0 Å². The van der Waals surface area contributed by atoms with Gasteiger partial charge in [0.05, 0.1) is 22.4 Å². The van der Waals surface area contributed by atoms with Gasteiger partial charge in [-0.15, -0.1) is 11.3 Å². The van der Waals surface area contributed by atoms with Crippen molar-refractivity contribution in [2.24, 2.45) is 0 Å². The van der Waals surface area contributed by atoms with Crippen molar-refractivity contribution in [3.8, 4) is 6.07 Å². The zero-order valence-corrected chi connectivity index (χ0v) is 10.3. The second-order valence-electron chi connectivity index (χ2n) is 3.14. The van der Waals surface area contributed by atoms with Crippen LogP contribution in [0.3, 0.4) is 0 Å². The average Bonchev–Trinajstić information content (AvgIpc) is 2.56. The number of hydrogen-bond acceptors (Lipinski definition) is 3. The number of benzene rings is 1. The molecule has 0 spiro atoms. The highest BCUT2D eigenvalue weighted by Gasteiger charge is 2.16. The second-order valence-corrected chi connectivity index (χ2v) is 5.01. The van der Waals surface area contributed by atoms with E-state index >= 15 is 0 Å². The molecule has 0 aliphatic rings. The van der Waals surface area contributed by atoms with Gasteiger partial charge >= 0.3 is 0 Å². The van der Waals surface area contributed by atoms with Crippen LogP contribution >= 0.6 is 34.5 Å². The summed E-state index contributed by atoms with van der Waals surface area (Å²) in [5, 5.41) is 10.3. The Morgan fingerprint density at radius 3 is 2.88 bits per heavy atom. The van der Waals surface area contributed by atoms with E-state index in [1.165, 1.54) is 11.3 Å². The Kier molecular flexibility index (Phi) is 3.15. The molecule has 0 unspecified atom stereocenters. The highest BCUT2D eigenvalue weighted by atomic mass is 35.5. The summed E-state index contributed by atoms with van der Waals surface area (Å²) < 4.78 is 0.860. The smallest absolute Gasteiger partial charge is 0.188 e. The molecule has 2 aromatic rings. The Balaban J connectivity index is 2.61. The second kappa shape index (κ2) is 4.42. The summed E-state index contributed by atoms with van der Waals surface area (Å²) in [5.41, 5.74) is 0. The summed E-state index contributed by atoms with van der Waals surface area (Å²) in [6, 6.07) is 7.08. The fraction of sp³-hybridized carbons (Fsp3) is 0.0909. The highest BCUT2D eigenvalue weighted by Crippen LogP contribution is 2.37. The molecule has 0 atom stereocenters. The Bertz CT molecular complexity index is 612. The molecule has 0 saturated carbocycles. The first-order valence-electron chi connectivity index (χ1n) is 4.41. The van der Waals surface area contributed by atoms with Crippen molar-refractivity contribution in [2.45, 2.75) is 6.42 Å². The normalized spacial score (nSPS) is 10.3. The van der Waals surface area contributed by atoms with Gasteiger partial charge in [-0.3, -0.25) is 4.79 Å². The lowest BCUT2D eigenvalue weighted by molar-refractivity contribution is 0.100. The lowest BCUT2D eigenvalue weighted by Gasteiger charge is -1.91. The van der Waals surface area contributed by atoms with Crippen molar-refractivity contribution < 1.29 is 4.79 Å². The van der Waals surface area contributed by atoms with Crippen molar-refractivity contribution >= 4 is 50.4 Å². The minimum Gasteiger partial charge on any atom is -0.292 e. The van der Waals surface area contributed by atoms with Gasteiger partial charge in [-0.05, 0) is 12.1 Å². The van der Waals surface area contributed by atoms with E-state index in [2.05, 4.69) is 0 Å². The topological polar surface area (TPSA) is 40.9 Å². The fourth-order valence-corrected chi connectivity index (χ4v) is 3.12. The number of hydrogen-bond donors (Lipinski definition) is 0. The maximum atomic E-state index is 11.6. The summed E-state index contributed by atoms with van der Waals surface area (Å²) in [7, 11) is 0. The third-order valence-corrected chi connectivity index (χ3v) is 4.02. The Morgan fingerprint density at radius 2 is 2.19 bits per heavy atom. The first kappa shape index (κ1) is 11.4. The molecule has 0 radical (unpaired) electrons. The molecule has 80 valence electrons. The number of thiophene rings is 1. The summed E-state index contributed by atoms with van der Waals surface area (Å²) in [4.78, 5) is 12.0. The lowest BCUT2D eigenvalue weighted by atomic mass is 10.2. The van der Waals surface area contributed by atoms with Crippen LogP contribution in [0.5, 0.6) is 0 Å². The van der Waals surface area contributed by atoms with E-state index in [0.717, 1.165) is 10.1 Å².